The second-order valence-corrected chi connectivity index (χ2v) is 9.17. The fourth-order valence-electron chi connectivity index (χ4n) is 4.19. The number of carbonyl (C=O) groups is 2. The van der Waals surface area contributed by atoms with Crippen molar-refractivity contribution in [3.63, 3.8) is 0 Å². The normalized spacial score (nSPS) is 15.8. The van der Waals surface area contributed by atoms with E-state index in [0.717, 1.165) is 0 Å². The first-order valence-corrected chi connectivity index (χ1v) is 12.0. The molecular formula is C26H20ClNO6S. The average Bonchev–Trinajstić information content (AvgIpc) is 3.57. The predicted octanol–water partition coefficient (Wildman–Crippen LogP) is 6.34. The molecule has 0 radical (unpaired) electrons. The fourth-order valence-corrected chi connectivity index (χ4v) is 5.23. The van der Waals surface area contributed by atoms with Gasteiger partial charge in [-0.25, -0.2) is 0 Å². The molecule has 1 N–H and O–H groups in total. The van der Waals surface area contributed by atoms with Gasteiger partial charge in [-0.3, -0.25) is 14.5 Å². The van der Waals surface area contributed by atoms with E-state index in [1.807, 2.05) is 24.4 Å². The Morgan fingerprint density at radius 1 is 1.20 bits per heavy atom. The number of methoxy groups -OCH3 is 1. The van der Waals surface area contributed by atoms with Crippen molar-refractivity contribution in [1.82, 2.24) is 0 Å². The van der Waals surface area contributed by atoms with Crippen molar-refractivity contribution in [2.24, 2.45) is 0 Å². The second kappa shape index (κ2) is 9.13. The van der Waals surface area contributed by atoms with Gasteiger partial charge in [0.15, 0.2) is 22.9 Å². The number of halogens is 1. The minimum Gasteiger partial charge on any atom is -0.503 e. The Morgan fingerprint density at radius 3 is 2.74 bits per heavy atom. The number of hydrogen-bond acceptors (Lipinski definition) is 7. The SMILES string of the molecule is CCOc1cccc(N2C(=O)C(O)=C(C(=O)c3cc4cc(Cl)cc(OC)c4o3)C2c2cccs2)c1. The number of aliphatic hydroxyl groups is 1. The largest absolute Gasteiger partial charge is 0.503 e. The van der Waals surface area contributed by atoms with Crippen LogP contribution in [0.1, 0.15) is 28.4 Å². The predicted molar refractivity (Wildman–Crippen MR) is 134 cm³/mol. The molecule has 0 spiro atoms. The molecule has 0 bridgehead atoms. The van der Waals surface area contributed by atoms with Crippen LogP contribution in [0.25, 0.3) is 11.0 Å². The van der Waals surface area contributed by atoms with E-state index in [-0.39, 0.29) is 11.3 Å². The van der Waals surface area contributed by atoms with Gasteiger partial charge < -0.3 is 19.0 Å². The summed E-state index contributed by atoms with van der Waals surface area (Å²) in [6.07, 6.45) is 0. The molecule has 1 aliphatic rings. The van der Waals surface area contributed by atoms with Gasteiger partial charge in [0.1, 0.15) is 11.8 Å². The maximum absolute atomic E-state index is 13.7. The molecule has 7 nitrogen and oxygen atoms in total. The van der Waals surface area contributed by atoms with Crippen molar-refractivity contribution in [3.8, 4) is 11.5 Å². The lowest BCUT2D eigenvalue weighted by Crippen LogP contribution is -2.30. The first-order valence-electron chi connectivity index (χ1n) is 10.8. The number of amides is 1. The molecule has 178 valence electrons. The van der Waals surface area contributed by atoms with E-state index in [2.05, 4.69) is 0 Å². The van der Waals surface area contributed by atoms with Gasteiger partial charge in [0.2, 0.25) is 5.78 Å². The summed E-state index contributed by atoms with van der Waals surface area (Å²) in [5, 5.41) is 13.8. The highest BCUT2D eigenvalue weighted by molar-refractivity contribution is 7.10. The monoisotopic (exact) mass is 509 g/mol. The summed E-state index contributed by atoms with van der Waals surface area (Å²) >= 11 is 7.53. The fraction of sp³-hybridized carbons (Fsp3) is 0.154. The molecule has 0 saturated heterocycles. The van der Waals surface area contributed by atoms with Crippen molar-refractivity contribution < 1.29 is 28.6 Å². The van der Waals surface area contributed by atoms with Crippen LogP contribution in [-0.2, 0) is 4.79 Å². The Kier molecular flexibility index (Phi) is 6.00. The summed E-state index contributed by atoms with van der Waals surface area (Å²) in [5.74, 6) is -1.01. The first-order chi connectivity index (χ1) is 16.9. The molecule has 1 amide bonds. The third kappa shape index (κ3) is 3.94. The molecule has 0 fully saturated rings. The van der Waals surface area contributed by atoms with Crippen LogP contribution < -0.4 is 14.4 Å². The standard InChI is InChI=1S/C26H20ClNO6S/c1-3-33-17-7-4-6-16(13-17)28-22(20-8-5-9-35-20)21(24(30)26(28)31)23(29)18-11-14-10-15(27)12-19(32-2)25(14)34-18/h4-13,22,30H,3H2,1-2H3. The summed E-state index contributed by atoms with van der Waals surface area (Å²) in [6.45, 7) is 2.32. The molecule has 2 aromatic heterocycles. The third-order valence-corrected chi connectivity index (χ3v) is 6.81. The van der Waals surface area contributed by atoms with Crippen LogP contribution >= 0.6 is 22.9 Å². The third-order valence-electron chi connectivity index (χ3n) is 5.66. The highest BCUT2D eigenvalue weighted by atomic mass is 35.5. The number of hydrogen-bond donors (Lipinski definition) is 1. The van der Waals surface area contributed by atoms with Crippen molar-refractivity contribution in [1.29, 1.82) is 0 Å². The Morgan fingerprint density at radius 2 is 2.03 bits per heavy atom. The van der Waals surface area contributed by atoms with Crippen LogP contribution in [0, 0.1) is 0 Å². The van der Waals surface area contributed by atoms with E-state index in [4.69, 9.17) is 25.5 Å². The smallest absolute Gasteiger partial charge is 0.294 e. The van der Waals surface area contributed by atoms with Crippen LogP contribution in [-0.4, -0.2) is 30.5 Å². The van der Waals surface area contributed by atoms with Gasteiger partial charge in [-0.15, -0.1) is 11.3 Å². The number of thiophene rings is 1. The molecule has 4 aromatic rings. The quantitative estimate of drug-likeness (QED) is 0.292. The number of anilines is 1. The Bertz CT molecular complexity index is 1470. The lowest BCUT2D eigenvalue weighted by atomic mass is 10.00. The summed E-state index contributed by atoms with van der Waals surface area (Å²) in [6, 6.07) is 14.5. The number of carbonyl (C=O) groups excluding carboxylic acids is 2. The maximum Gasteiger partial charge on any atom is 0.294 e. The van der Waals surface area contributed by atoms with Gasteiger partial charge in [-0.1, -0.05) is 23.7 Å². The van der Waals surface area contributed by atoms with Gasteiger partial charge in [0, 0.05) is 33.1 Å². The summed E-state index contributed by atoms with van der Waals surface area (Å²) in [7, 11) is 1.47. The van der Waals surface area contributed by atoms with E-state index in [9.17, 15) is 14.7 Å². The van der Waals surface area contributed by atoms with E-state index in [1.165, 1.54) is 29.4 Å². The van der Waals surface area contributed by atoms with Crippen molar-refractivity contribution in [2.75, 3.05) is 18.6 Å². The minimum atomic E-state index is -0.842. The Hall–Kier alpha value is -3.75. The number of furan rings is 1. The second-order valence-electron chi connectivity index (χ2n) is 7.75. The summed E-state index contributed by atoms with van der Waals surface area (Å²) in [4.78, 5) is 29.1. The summed E-state index contributed by atoms with van der Waals surface area (Å²) < 4.78 is 16.8. The maximum atomic E-state index is 13.7. The van der Waals surface area contributed by atoms with Crippen LogP contribution in [0.3, 0.4) is 0 Å². The van der Waals surface area contributed by atoms with Gasteiger partial charge >= 0.3 is 0 Å². The molecule has 0 saturated carbocycles. The van der Waals surface area contributed by atoms with Gasteiger partial charge in [-0.2, -0.15) is 0 Å². The van der Waals surface area contributed by atoms with Crippen LogP contribution in [0.15, 0.2) is 75.7 Å². The highest BCUT2D eigenvalue weighted by Gasteiger charge is 2.46. The van der Waals surface area contributed by atoms with Crippen LogP contribution in [0.4, 0.5) is 5.69 Å². The van der Waals surface area contributed by atoms with Gasteiger partial charge in [0.05, 0.1) is 19.3 Å². The Balaban J connectivity index is 1.62. The molecule has 1 atom stereocenters. The molecule has 0 aliphatic carbocycles. The zero-order chi connectivity index (χ0) is 24.7. The van der Waals surface area contributed by atoms with Crippen LogP contribution in [0.5, 0.6) is 11.5 Å². The molecule has 1 aliphatic heterocycles. The minimum absolute atomic E-state index is 0.0404. The van der Waals surface area contributed by atoms with E-state index >= 15 is 0 Å². The first kappa shape index (κ1) is 23.0. The Labute approximate surface area is 209 Å². The summed E-state index contributed by atoms with van der Waals surface area (Å²) in [5.41, 5.74) is 0.772. The van der Waals surface area contributed by atoms with Gasteiger partial charge in [0.25, 0.3) is 5.91 Å². The number of ketones is 1. The van der Waals surface area contributed by atoms with Crippen molar-refractivity contribution >= 4 is 51.3 Å². The number of ether oxygens (including phenoxy) is 2. The zero-order valence-corrected chi connectivity index (χ0v) is 20.4. The average molecular weight is 510 g/mol. The molecular weight excluding hydrogens is 490 g/mol. The van der Waals surface area contributed by atoms with E-state index < -0.39 is 23.5 Å². The topological polar surface area (TPSA) is 89.2 Å². The number of rotatable bonds is 7. The number of fused-ring (bicyclic) bond motifs is 1. The molecule has 35 heavy (non-hydrogen) atoms. The lowest BCUT2D eigenvalue weighted by Gasteiger charge is -2.26. The highest BCUT2D eigenvalue weighted by Crippen LogP contribution is 2.44. The van der Waals surface area contributed by atoms with Crippen molar-refractivity contribution in [3.05, 3.63) is 87.0 Å². The molecule has 3 heterocycles. The molecule has 9 heteroatoms. The number of nitrogens with zero attached hydrogens (tertiary/aromatic N) is 1. The molecule has 1 unspecified atom stereocenters. The molecule has 2 aromatic carbocycles. The van der Waals surface area contributed by atoms with Crippen molar-refractivity contribution in [2.45, 2.75) is 13.0 Å². The van der Waals surface area contributed by atoms with E-state index in [1.54, 1.807) is 36.4 Å². The number of aliphatic hydroxyl groups excluding tert-OH is 1. The molecule has 5 rings (SSSR count). The van der Waals surface area contributed by atoms with E-state index in [0.29, 0.717) is 44.7 Å². The number of benzene rings is 2. The van der Waals surface area contributed by atoms with Gasteiger partial charge in [-0.05, 0) is 42.6 Å². The van der Waals surface area contributed by atoms with Crippen LogP contribution in [0.2, 0.25) is 5.02 Å². The number of Topliss-reactive ketones (excluding diaryl/α,β-unsaturated/α-hetero) is 1. The lowest BCUT2D eigenvalue weighted by molar-refractivity contribution is -0.117. The zero-order valence-electron chi connectivity index (χ0n) is 18.8.